The van der Waals surface area contributed by atoms with Crippen molar-refractivity contribution in [3.63, 3.8) is 0 Å². The highest BCUT2D eigenvalue weighted by Crippen LogP contribution is 2.68. The zero-order valence-corrected chi connectivity index (χ0v) is 25.5. The molecule has 3 heterocycles. The fraction of sp³-hybridized carbons (Fsp3) is 0.552. The second kappa shape index (κ2) is 12.4. The number of rotatable bonds is 12. The van der Waals surface area contributed by atoms with Gasteiger partial charge in [0.2, 0.25) is 5.91 Å². The van der Waals surface area contributed by atoms with E-state index in [0.29, 0.717) is 30.0 Å². The maximum atomic E-state index is 14.6. The number of benzene rings is 1. The van der Waals surface area contributed by atoms with E-state index in [4.69, 9.17) is 16.3 Å². The number of likely N-dealkylation sites (tertiary alicyclic amines) is 1. The molecule has 1 aromatic rings. The Bertz CT molecular complexity index is 1120. The van der Waals surface area contributed by atoms with E-state index >= 15 is 0 Å². The fourth-order valence-electron chi connectivity index (χ4n) is 6.35. The largest absolute Gasteiger partial charge is 0.465 e. The predicted octanol–water partition coefficient (Wildman–Crippen LogP) is 4.85. The van der Waals surface area contributed by atoms with Gasteiger partial charge in [-0.05, 0) is 43.0 Å². The van der Waals surface area contributed by atoms with Crippen LogP contribution in [-0.4, -0.2) is 74.5 Å². The van der Waals surface area contributed by atoms with Crippen LogP contribution in [0.4, 0.5) is 5.69 Å². The highest BCUT2D eigenvalue weighted by Gasteiger charge is 2.76. The summed E-state index contributed by atoms with van der Waals surface area (Å²) in [5.41, 5.74) is 0.633. The number of aliphatic hydroxyl groups is 1. The summed E-state index contributed by atoms with van der Waals surface area (Å²) in [7, 11) is 0. The highest BCUT2D eigenvalue weighted by molar-refractivity contribution is 9.09. The number of halogens is 2. The molecule has 2 bridgehead atoms. The van der Waals surface area contributed by atoms with E-state index in [1.807, 2.05) is 13.8 Å². The lowest BCUT2D eigenvalue weighted by atomic mass is 9.71. The Balaban J connectivity index is 1.82. The van der Waals surface area contributed by atoms with Crippen LogP contribution in [0.15, 0.2) is 49.6 Å². The van der Waals surface area contributed by atoms with E-state index in [1.165, 1.54) is 0 Å². The van der Waals surface area contributed by atoms with Crippen LogP contribution in [-0.2, 0) is 19.1 Å². The maximum Gasteiger partial charge on any atom is 0.310 e. The van der Waals surface area contributed by atoms with Gasteiger partial charge in [-0.3, -0.25) is 14.4 Å². The van der Waals surface area contributed by atoms with Crippen LogP contribution in [0.3, 0.4) is 0 Å². The maximum absolute atomic E-state index is 14.6. The number of hydrogen-bond acceptors (Lipinski definition) is 6. The van der Waals surface area contributed by atoms with Crippen molar-refractivity contribution in [1.29, 1.82) is 0 Å². The molecule has 1 N–H and O–H groups in total. The van der Waals surface area contributed by atoms with Crippen LogP contribution in [0.2, 0.25) is 5.02 Å². The minimum absolute atomic E-state index is 0.0622. The van der Waals surface area contributed by atoms with Gasteiger partial charge < -0.3 is 19.6 Å². The van der Waals surface area contributed by atoms with Gasteiger partial charge in [0, 0.05) is 27.3 Å². The van der Waals surface area contributed by atoms with E-state index in [2.05, 4.69) is 29.1 Å². The van der Waals surface area contributed by atoms with Crippen molar-refractivity contribution in [2.45, 2.75) is 60.0 Å². The number of carbonyl (C=O) groups excluding carboxylic acids is 3. The minimum Gasteiger partial charge on any atom is -0.465 e. The predicted molar refractivity (Wildman–Crippen MR) is 159 cm³/mol. The Hall–Kier alpha value is -1.81. The Morgan fingerprint density at radius 3 is 2.62 bits per heavy atom. The van der Waals surface area contributed by atoms with Crippen molar-refractivity contribution in [3.8, 4) is 0 Å². The van der Waals surface area contributed by atoms with Gasteiger partial charge >= 0.3 is 5.97 Å². The Morgan fingerprint density at radius 1 is 1.33 bits per heavy atom. The van der Waals surface area contributed by atoms with E-state index in [-0.39, 0.29) is 47.6 Å². The van der Waals surface area contributed by atoms with Crippen molar-refractivity contribution in [2.24, 2.45) is 17.8 Å². The van der Waals surface area contributed by atoms with Crippen molar-refractivity contribution >= 4 is 62.8 Å². The van der Waals surface area contributed by atoms with Gasteiger partial charge in [-0.15, -0.1) is 24.9 Å². The third-order valence-electron chi connectivity index (χ3n) is 8.36. The Kier molecular flexibility index (Phi) is 9.56. The molecule has 10 heteroatoms. The molecule has 1 spiro atoms. The molecule has 212 valence electrons. The monoisotopic (exact) mass is 638 g/mol. The lowest BCUT2D eigenvalue weighted by molar-refractivity contribution is -0.154. The van der Waals surface area contributed by atoms with Gasteiger partial charge in [0.25, 0.3) is 5.91 Å². The topological polar surface area (TPSA) is 87.2 Å². The van der Waals surface area contributed by atoms with Crippen LogP contribution >= 0.6 is 39.3 Å². The molecule has 39 heavy (non-hydrogen) atoms. The number of amides is 2. The molecule has 3 saturated heterocycles. The zero-order valence-electron chi connectivity index (χ0n) is 22.3. The molecule has 7 nitrogen and oxygen atoms in total. The van der Waals surface area contributed by atoms with Gasteiger partial charge in [0.1, 0.15) is 6.04 Å². The Morgan fingerprint density at radius 2 is 2.03 bits per heavy atom. The van der Waals surface area contributed by atoms with Gasteiger partial charge in [-0.2, -0.15) is 0 Å². The second-order valence-electron chi connectivity index (χ2n) is 10.5. The molecule has 2 amide bonds. The standard InChI is InChI=1S/C29H36BrClN2O5S/c1-5-8-14-38-28(37)22-23-26(35)33(21(16-34)17(4)7-3)25(29(23)15-20(30)24(22)39-29)27(36)32(13-6-2)19-11-9-18(31)10-12-19/h5-6,9-12,17,20-25,34H,1-2,7-8,13-16H2,3-4H3/t17-,20?,21-,22+,23-,24+,25?,29?/m0/s1. The van der Waals surface area contributed by atoms with E-state index < -0.39 is 34.6 Å². The molecule has 0 aliphatic carbocycles. The molecule has 3 unspecified atom stereocenters. The first-order valence-corrected chi connectivity index (χ1v) is 15.5. The molecule has 4 rings (SSSR count). The van der Waals surface area contributed by atoms with Crippen molar-refractivity contribution < 1.29 is 24.2 Å². The van der Waals surface area contributed by atoms with Crippen molar-refractivity contribution in [3.05, 3.63) is 54.6 Å². The normalized spacial score (nSPS) is 30.5. The third kappa shape index (κ3) is 5.20. The molecule has 3 aliphatic heterocycles. The first-order valence-electron chi connectivity index (χ1n) is 13.4. The van der Waals surface area contributed by atoms with Crippen molar-refractivity contribution in [2.75, 3.05) is 24.7 Å². The summed E-state index contributed by atoms with van der Waals surface area (Å²) in [6.07, 6.45) is 5.10. The number of hydrogen-bond donors (Lipinski definition) is 1. The van der Waals surface area contributed by atoms with Crippen molar-refractivity contribution in [1.82, 2.24) is 4.90 Å². The summed E-state index contributed by atoms with van der Waals surface area (Å²) >= 11 is 11.4. The SMILES string of the molecule is C=CCCOC(=O)[C@H]1[C@@H]2SC3(CC2Br)C(C(=O)N(CC=C)c2ccc(Cl)cc2)N([C@@H](CO)[C@@H](C)CC)C(=O)[C@H]13. The number of esters is 1. The summed E-state index contributed by atoms with van der Waals surface area (Å²) < 4.78 is 4.74. The van der Waals surface area contributed by atoms with Crippen LogP contribution < -0.4 is 4.90 Å². The molecule has 1 aromatic carbocycles. The number of alkyl halides is 1. The fourth-order valence-corrected chi connectivity index (χ4v) is 10.1. The average molecular weight is 640 g/mol. The first-order chi connectivity index (χ1) is 18.7. The Labute approximate surface area is 248 Å². The number of fused-ring (bicyclic) bond motifs is 1. The highest BCUT2D eigenvalue weighted by atomic mass is 79.9. The van der Waals surface area contributed by atoms with Gasteiger partial charge in [-0.25, -0.2) is 0 Å². The molecule has 0 aromatic heterocycles. The minimum atomic E-state index is -0.877. The summed E-state index contributed by atoms with van der Waals surface area (Å²) in [6.45, 7) is 11.6. The quantitative estimate of drug-likeness (QED) is 0.152. The summed E-state index contributed by atoms with van der Waals surface area (Å²) in [5, 5.41) is 10.9. The molecular formula is C29H36BrClN2O5S. The summed E-state index contributed by atoms with van der Waals surface area (Å²) in [4.78, 5) is 45.6. The summed E-state index contributed by atoms with van der Waals surface area (Å²) in [5.74, 6) is -2.42. The van der Waals surface area contributed by atoms with Gasteiger partial charge in [-0.1, -0.05) is 60.0 Å². The van der Waals surface area contributed by atoms with Crippen LogP contribution in [0.5, 0.6) is 0 Å². The molecule has 0 radical (unpaired) electrons. The molecule has 0 saturated carbocycles. The first kappa shape index (κ1) is 30.2. The van der Waals surface area contributed by atoms with E-state index in [0.717, 1.165) is 0 Å². The van der Waals surface area contributed by atoms with E-state index in [9.17, 15) is 19.5 Å². The molecule has 3 fully saturated rings. The molecule has 8 atom stereocenters. The number of aliphatic hydroxyl groups excluding tert-OH is 1. The van der Waals surface area contributed by atoms with E-state index in [1.54, 1.807) is 58.0 Å². The molecule has 3 aliphatic rings. The average Bonchev–Trinajstić information content (AvgIpc) is 3.51. The third-order valence-corrected chi connectivity index (χ3v) is 11.8. The van der Waals surface area contributed by atoms with Gasteiger partial charge in [0.05, 0.1) is 35.8 Å². The smallest absolute Gasteiger partial charge is 0.310 e. The lowest BCUT2D eigenvalue weighted by Crippen LogP contribution is -2.59. The number of ether oxygens (including phenoxy) is 1. The number of nitrogens with zero attached hydrogens (tertiary/aromatic N) is 2. The van der Waals surface area contributed by atoms with Crippen LogP contribution in [0, 0.1) is 17.8 Å². The number of thioether (sulfide) groups is 1. The summed E-state index contributed by atoms with van der Waals surface area (Å²) in [6, 6.07) is 5.52. The van der Waals surface area contributed by atoms with Crippen LogP contribution in [0.1, 0.15) is 33.1 Å². The van der Waals surface area contributed by atoms with Gasteiger partial charge in [0.15, 0.2) is 0 Å². The number of anilines is 1. The lowest BCUT2D eigenvalue weighted by Gasteiger charge is -2.41. The molecular weight excluding hydrogens is 604 g/mol. The van der Waals surface area contributed by atoms with Crippen LogP contribution in [0.25, 0.3) is 0 Å². The second-order valence-corrected chi connectivity index (χ2v) is 13.7. The number of carbonyl (C=O) groups is 3. The zero-order chi connectivity index (χ0) is 28.5.